The largest absolute Gasteiger partial charge is 0.493 e. The normalized spacial score (nSPS) is 10.4. The monoisotopic (exact) mass is 230 g/mol. The van der Waals surface area contributed by atoms with Gasteiger partial charge in [-0.05, 0) is 25.0 Å². The Hall–Kier alpha value is -2.03. The Balaban J connectivity index is 2.26. The van der Waals surface area contributed by atoms with Crippen LogP contribution in [0.15, 0.2) is 52.2 Å². The second kappa shape index (κ2) is 5.34. The second-order valence-corrected chi connectivity index (χ2v) is 3.71. The molecule has 0 aliphatic heterocycles. The maximum absolute atomic E-state index is 11.3. The number of unbranched alkanes of at least 4 members (excludes halogenated alkanes) is 1. The van der Waals surface area contributed by atoms with Crippen molar-refractivity contribution in [3.05, 3.63) is 53.4 Å². The summed E-state index contributed by atoms with van der Waals surface area (Å²) < 4.78 is 10.7. The van der Waals surface area contributed by atoms with Crippen LogP contribution >= 0.6 is 0 Å². The zero-order chi connectivity index (χ0) is 12.1. The molecule has 0 bridgehead atoms. The molecule has 0 unspecified atom stereocenters. The Morgan fingerprint density at radius 2 is 2.18 bits per heavy atom. The number of benzene rings is 1. The van der Waals surface area contributed by atoms with E-state index in [1.807, 2.05) is 24.3 Å². The van der Waals surface area contributed by atoms with E-state index < -0.39 is 0 Å². The highest BCUT2D eigenvalue weighted by Gasteiger charge is 2.05. The molecular weight excluding hydrogens is 216 g/mol. The Morgan fingerprint density at radius 1 is 1.35 bits per heavy atom. The predicted octanol–water partition coefficient (Wildman–Crippen LogP) is 3.14. The number of hydrogen-bond donors (Lipinski definition) is 0. The number of fused-ring (bicyclic) bond motifs is 1. The molecule has 0 amide bonds. The summed E-state index contributed by atoms with van der Waals surface area (Å²) in [4.78, 5) is 11.3. The average molecular weight is 230 g/mol. The van der Waals surface area contributed by atoms with Crippen molar-refractivity contribution >= 4 is 11.0 Å². The molecule has 0 atom stereocenters. The molecule has 0 aliphatic carbocycles. The van der Waals surface area contributed by atoms with Gasteiger partial charge in [-0.25, -0.2) is 4.79 Å². The highest BCUT2D eigenvalue weighted by Crippen LogP contribution is 2.23. The minimum absolute atomic E-state index is 0.387. The summed E-state index contributed by atoms with van der Waals surface area (Å²) in [7, 11) is 0. The Kier molecular flexibility index (Phi) is 3.60. The zero-order valence-corrected chi connectivity index (χ0v) is 9.52. The fourth-order valence-corrected chi connectivity index (χ4v) is 1.61. The van der Waals surface area contributed by atoms with Gasteiger partial charge in [0, 0.05) is 0 Å². The molecule has 88 valence electrons. The van der Waals surface area contributed by atoms with Crippen molar-refractivity contribution in [2.24, 2.45) is 0 Å². The van der Waals surface area contributed by atoms with E-state index in [4.69, 9.17) is 9.15 Å². The van der Waals surface area contributed by atoms with E-state index in [2.05, 4.69) is 6.58 Å². The molecule has 3 nitrogen and oxygen atoms in total. The van der Waals surface area contributed by atoms with E-state index in [-0.39, 0.29) is 5.63 Å². The first-order valence-corrected chi connectivity index (χ1v) is 5.58. The Labute approximate surface area is 99.3 Å². The zero-order valence-electron chi connectivity index (χ0n) is 9.52. The van der Waals surface area contributed by atoms with E-state index in [1.165, 1.54) is 6.07 Å². The number of hydrogen-bond acceptors (Lipinski definition) is 3. The molecular formula is C14H14O3. The van der Waals surface area contributed by atoms with E-state index in [0.717, 1.165) is 18.2 Å². The van der Waals surface area contributed by atoms with Crippen LogP contribution in [-0.4, -0.2) is 6.61 Å². The minimum Gasteiger partial charge on any atom is -0.493 e. The fourth-order valence-electron chi connectivity index (χ4n) is 1.61. The van der Waals surface area contributed by atoms with Gasteiger partial charge in [-0.2, -0.15) is 0 Å². The minimum atomic E-state index is -0.387. The van der Waals surface area contributed by atoms with Crippen molar-refractivity contribution in [3.63, 3.8) is 0 Å². The first-order chi connectivity index (χ1) is 8.31. The van der Waals surface area contributed by atoms with Crippen LogP contribution < -0.4 is 10.4 Å². The summed E-state index contributed by atoms with van der Waals surface area (Å²) in [5, 5.41) is 0.825. The lowest BCUT2D eigenvalue weighted by atomic mass is 10.2. The maximum Gasteiger partial charge on any atom is 0.339 e. The molecule has 0 saturated heterocycles. The SMILES string of the molecule is C=CCCCOc1cc(=O)oc2ccccc12. The van der Waals surface area contributed by atoms with Gasteiger partial charge in [-0.15, -0.1) is 6.58 Å². The van der Waals surface area contributed by atoms with Crippen LogP contribution in [0, 0.1) is 0 Å². The van der Waals surface area contributed by atoms with Crippen molar-refractivity contribution in [1.29, 1.82) is 0 Å². The topological polar surface area (TPSA) is 39.4 Å². The third-order valence-electron chi connectivity index (χ3n) is 2.42. The number of allylic oxidation sites excluding steroid dienone is 1. The van der Waals surface area contributed by atoms with E-state index in [9.17, 15) is 4.79 Å². The van der Waals surface area contributed by atoms with Crippen LogP contribution in [-0.2, 0) is 0 Å². The van der Waals surface area contributed by atoms with Gasteiger partial charge in [0.1, 0.15) is 11.3 Å². The highest BCUT2D eigenvalue weighted by atomic mass is 16.5. The number of rotatable bonds is 5. The van der Waals surface area contributed by atoms with Crippen molar-refractivity contribution in [3.8, 4) is 5.75 Å². The maximum atomic E-state index is 11.3. The van der Waals surface area contributed by atoms with Gasteiger partial charge in [0.05, 0.1) is 18.1 Å². The first kappa shape index (κ1) is 11.5. The summed E-state index contributed by atoms with van der Waals surface area (Å²) in [6.45, 7) is 4.22. The van der Waals surface area contributed by atoms with Gasteiger partial charge < -0.3 is 9.15 Å². The van der Waals surface area contributed by atoms with Crippen molar-refractivity contribution < 1.29 is 9.15 Å². The smallest absolute Gasteiger partial charge is 0.339 e. The van der Waals surface area contributed by atoms with E-state index >= 15 is 0 Å². The average Bonchev–Trinajstić information content (AvgIpc) is 2.34. The van der Waals surface area contributed by atoms with Gasteiger partial charge in [-0.1, -0.05) is 18.2 Å². The number of ether oxygens (including phenoxy) is 1. The molecule has 0 saturated carbocycles. The lowest BCUT2D eigenvalue weighted by Gasteiger charge is -2.07. The summed E-state index contributed by atoms with van der Waals surface area (Å²) in [5.41, 5.74) is 0.168. The third kappa shape index (κ3) is 2.75. The first-order valence-electron chi connectivity index (χ1n) is 5.58. The molecule has 1 aromatic heterocycles. The summed E-state index contributed by atoms with van der Waals surface area (Å²) in [6.07, 6.45) is 3.64. The quantitative estimate of drug-likeness (QED) is 0.450. The molecule has 2 aromatic rings. The predicted molar refractivity (Wildman–Crippen MR) is 67.4 cm³/mol. The van der Waals surface area contributed by atoms with Gasteiger partial charge in [0.15, 0.2) is 0 Å². The lowest BCUT2D eigenvalue weighted by molar-refractivity contribution is 0.313. The van der Waals surface area contributed by atoms with E-state index in [0.29, 0.717) is 17.9 Å². The Morgan fingerprint density at radius 3 is 3.00 bits per heavy atom. The summed E-state index contributed by atoms with van der Waals surface area (Å²) in [6, 6.07) is 8.73. The molecule has 1 heterocycles. The molecule has 0 radical (unpaired) electrons. The van der Waals surface area contributed by atoms with Crippen LogP contribution in [0.4, 0.5) is 0 Å². The lowest BCUT2D eigenvalue weighted by Crippen LogP contribution is -2.02. The molecule has 3 heteroatoms. The van der Waals surface area contributed by atoms with Crippen LogP contribution in [0.5, 0.6) is 5.75 Å². The highest BCUT2D eigenvalue weighted by molar-refractivity contribution is 5.82. The molecule has 2 rings (SSSR count). The van der Waals surface area contributed by atoms with Crippen LogP contribution in [0.1, 0.15) is 12.8 Å². The summed E-state index contributed by atoms with van der Waals surface area (Å²) in [5.74, 6) is 0.584. The van der Waals surface area contributed by atoms with Gasteiger partial charge in [-0.3, -0.25) is 0 Å². The molecule has 0 fully saturated rings. The van der Waals surface area contributed by atoms with Crippen molar-refractivity contribution in [2.45, 2.75) is 12.8 Å². The van der Waals surface area contributed by atoms with Gasteiger partial charge >= 0.3 is 5.63 Å². The summed E-state index contributed by atoms with van der Waals surface area (Å²) >= 11 is 0. The van der Waals surface area contributed by atoms with Gasteiger partial charge in [0.25, 0.3) is 0 Å². The van der Waals surface area contributed by atoms with Crippen molar-refractivity contribution in [1.82, 2.24) is 0 Å². The molecule has 17 heavy (non-hydrogen) atoms. The van der Waals surface area contributed by atoms with Crippen LogP contribution in [0.2, 0.25) is 0 Å². The molecule has 1 aromatic carbocycles. The van der Waals surface area contributed by atoms with Crippen LogP contribution in [0.3, 0.4) is 0 Å². The van der Waals surface area contributed by atoms with Crippen molar-refractivity contribution in [2.75, 3.05) is 6.61 Å². The Bertz CT molecular complexity index is 569. The standard InChI is InChI=1S/C14H14O3/c1-2-3-6-9-16-13-10-14(15)17-12-8-5-4-7-11(12)13/h2,4-5,7-8,10H,1,3,6,9H2. The van der Waals surface area contributed by atoms with Gasteiger partial charge in [0.2, 0.25) is 0 Å². The van der Waals surface area contributed by atoms with E-state index in [1.54, 1.807) is 6.07 Å². The second-order valence-electron chi connectivity index (χ2n) is 3.71. The fraction of sp³-hybridized carbons (Fsp3) is 0.214. The molecule has 0 spiro atoms. The van der Waals surface area contributed by atoms with Crippen LogP contribution in [0.25, 0.3) is 11.0 Å². The third-order valence-corrected chi connectivity index (χ3v) is 2.42. The molecule has 0 N–H and O–H groups in total. The number of para-hydroxylation sites is 1. The molecule has 0 aliphatic rings.